The standard InChI is InChI=1S/C20H16F2N4O2/c1-2-28-20(27)12-3-6-16-17(9-12)25-19(24-16)11-14-7-8-23-26(14)18-10-13(21)4-5-15(18)22/h3-10H,2,11H2,1H3,(H,24,25). The molecule has 0 aliphatic heterocycles. The molecule has 0 saturated heterocycles. The van der Waals surface area contributed by atoms with Crippen LogP contribution < -0.4 is 0 Å². The van der Waals surface area contributed by atoms with Gasteiger partial charge < -0.3 is 9.72 Å². The molecule has 0 fully saturated rings. The molecular weight excluding hydrogens is 366 g/mol. The second-order valence-corrected chi connectivity index (χ2v) is 6.14. The highest BCUT2D eigenvalue weighted by atomic mass is 19.1. The zero-order chi connectivity index (χ0) is 19.7. The first-order valence-electron chi connectivity index (χ1n) is 8.69. The van der Waals surface area contributed by atoms with Gasteiger partial charge in [-0.3, -0.25) is 0 Å². The van der Waals surface area contributed by atoms with Crippen LogP contribution in [-0.4, -0.2) is 32.3 Å². The fraction of sp³-hybridized carbons (Fsp3) is 0.150. The molecule has 0 bridgehead atoms. The summed E-state index contributed by atoms with van der Waals surface area (Å²) >= 11 is 0. The number of H-pyrrole nitrogens is 1. The van der Waals surface area contributed by atoms with E-state index in [1.54, 1.807) is 31.2 Å². The summed E-state index contributed by atoms with van der Waals surface area (Å²) in [4.78, 5) is 19.5. The Labute approximate surface area is 158 Å². The van der Waals surface area contributed by atoms with Crippen LogP contribution in [0.5, 0.6) is 0 Å². The third-order valence-electron chi connectivity index (χ3n) is 4.25. The Morgan fingerprint density at radius 2 is 2.04 bits per heavy atom. The number of aromatic nitrogens is 4. The number of hydrogen-bond donors (Lipinski definition) is 1. The van der Waals surface area contributed by atoms with Crippen molar-refractivity contribution >= 4 is 17.0 Å². The summed E-state index contributed by atoms with van der Waals surface area (Å²) in [6, 6.07) is 9.98. The second-order valence-electron chi connectivity index (χ2n) is 6.14. The Balaban J connectivity index is 1.65. The summed E-state index contributed by atoms with van der Waals surface area (Å²) in [5, 5.41) is 4.10. The maximum atomic E-state index is 14.1. The zero-order valence-corrected chi connectivity index (χ0v) is 14.9. The Bertz CT molecular complexity index is 1170. The number of halogens is 2. The van der Waals surface area contributed by atoms with Crippen molar-refractivity contribution in [1.29, 1.82) is 0 Å². The maximum Gasteiger partial charge on any atom is 0.338 e. The molecule has 28 heavy (non-hydrogen) atoms. The Hall–Kier alpha value is -3.55. The molecule has 2 aromatic carbocycles. The van der Waals surface area contributed by atoms with Gasteiger partial charge in [-0.2, -0.15) is 5.10 Å². The number of ether oxygens (including phenoxy) is 1. The van der Waals surface area contributed by atoms with Gasteiger partial charge in [0.05, 0.1) is 28.9 Å². The fourth-order valence-corrected chi connectivity index (χ4v) is 2.99. The quantitative estimate of drug-likeness (QED) is 0.533. The highest BCUT2D eigenvalue weighted by molar-refractivity contribution is 5.93. The number of carbonyl (C=O) groups excluding carboxylic acids is 1. The minimum absolute atomic E-state index is 0.0284. The van der Waals surface area contributed by atoms with Crippen molar-refractivity contribution in [2.45, 2.75) is 13.3 Å². The molecule has 6 nitrogen and oxygen atoms in total. The third kappa shape index (κ3) is 3.36. The van der Waals surface area contributed by atoms with Crippen LogP contribution in [0, 0.1) is 11.6 Å². The number of rotatable bonds is 5. The number of aromatic amines is 1. The lowest BCUT2D eigenvalue weighted by Crippen LogP contribution is -2.06. The van der Waals surface area contributed by atoms with E-state index < -0.39 is 17.6 Å². The number of hydrogen-bond acceptors (Lipinski definition) is 4. The van der Waals surface area contributed by atoms with E-state index in [0.717, 1.165) is 18.2 Å². The van der Waals surface area contributed by atoms with E-state index in [2.05, 4.69) is 15.1 Å². The van der Waals surface area contributed by atoms with Crippen LogP contribution in [0.15, 0.2) is 48.7 Å². The van der Waals surface area contributed by atoms with Gasteiger partial charge in [-0.25, -0.2) is 23.2 Å². The van der Waals surface area contributed by atoms with Crippen LogP contribution in [0.1, 0.15) is 28.8 Å². The molecule has 8 heteroatoms. The van der Waals surface area contributed by atoms with Gasteiger partial charge in [0.25, 0.3) is 0 Å². The highest BCUT2D eigenvalue weighted by Crippen LogP contribution is 2.20. The van der Waals surface area contributed by atoms with Gasteiger partial charge in [0.15, 0.2) is 0 Å². The average Bonchev–Trinajstić information content (AvgIpc) is 3.29. The molecule has 0 aliphatic carbocycles. The summed E-state index contributed by atoms with van der Waals surface area (Å²) in [6.45, 7) is 2.04. The van der Waals surface area contributed by atoms with Crippen molar-refractivity contribution in [2.75, 3.05) is 6.61 Å². The van der Waals surface area contributed by atoms with Gasteiger partial charge in [-0.15, -0.1) is 0 Å². The van der Waals surface area contributed by atoms with Crippen molar-refractivity contribution in [1.82, 2.24) is 19.7 Å². The highest BCUT2D eigenvalue weighted by Gasteiger charge is 2.14. The third-order valence-corrected chi connectivity index (χ3v) is 4.25. The predicted molar refractivity (Wildman–Crippen MR) is 98.3 cm³/mol. The van der Waals surface area contributed by atoms with Gasteiger partial charge in [0.1, 0.15) is 23.1 Å². The number of benzene rings is 2. The van der Waals surface area contributed by atoms with E-state index in [0.29, 0.717) is 41.1 Å². The second kappa shape index (κ2) is 7.22. The molecule has 0 aliphatic rings. The molecule has 0 saturated carbocycles. The van der Waals surface area contributed by atoms with E-state index in [1.165, 1.54) is 10.9 Å². The molecule has 0 radical (unpaired) electrons. The van der Waals surface area contributed by atoms with Crippen LogP contribution in [-0.2, 0) is 11.2 Å². The van der Waals surface area contributed by atoms with Crippen molar-refractivity contribution in [3.63, 3.8) is 0 Å². The Morgan fingerprint density at radius 1 is 1.18 bits per heavy atom. The number of carbonyl (C=O) groups is 1. The molecular formula is C20H16F2N4O2. The summed E-state index contributed by atoms with van der Waals surface area (Å²) in [6.07, 6.45) is 1.83. The van der Waals surface area contributed by atoms with E-state index in [9.17, 15) is 13.6 Å². The van der Waals surface area contributed by atoms with E-state index in [1.807, 2.05) is 0 Å². The van der Waals surface area contributed by atoms with Crippen molar-refractivity contribution < 1.29 is 18.3 Å². The average molecular weight is 382 g/mol. The molecule has 0 amide bonds. The maximum absolute atomic E-state index is 14.1. The van der Waals surface area contributed by atoms with Gasteiger partial charge in [0.2, 0.25) is 0 Å². The molecule has 2 heterocycles. The van der Waals surface area contributed by atoms with E-state index in [-0.39, 0.29) is 5.69 Å². The van der Waals surface area contributed by atoms with E-state index in [4.69, 9.17) is 4.74 Å². The normalized spacial score (nSPS) is 11.1. The predicted octanol–water partition coefficient (Wildman–Crippen LogP) is 3.79. The first-order valence-corrected chi connectivity index (χ1v) is 8.69. The monoisotopic (exact) mass is 382 g/mol. The zero-order valence-electron chi connectivity index (χ0n) is 14.9. The van der Waals surface area contributed by atoms with Crippen LogP contribution in [0.4, 0.5) is 8.78 Å². The number of imidazole rings is 1. The fourth-order valence-electron chi connectivity index (χ4n) is 2.99. The van der Waals surface area contributed by atoms with Crippen LogP contribution >= 0.6 is 0 Å². The molecule has 1 N–H and O–H groups in total. The van der Waals surface area contributed by atoms with Gasteiger partial charge >= 0.3 is 5.97 Å². The molecule has 0 atom stereocenters. The van der Waals surface area contributed by atoms with Crippen molar-refractivity contribution in [2.24, 2.45) is 0 Å². The first-order chi connectivity index (χ1) is 13.5. The Kier molecular flexibility index (Phi) is 4.60. The van der Waals surface area contributed by atoms with Crippen molar-refractivity contribution in [3.05, 3.63) is 77.4 Å². The lowest BCUT2D eigenvalue weighted by atomic mass is 10.2. The van der Waals surface area contributed by atoms with E-state index >= 15 is 0 Å². The molecule has 0 spiro atoms. The smallest absolute Gasteiger partial charge is 0.338 e. The molecule has 4 aromatic rings. The molecule has 2 aromatic heterocycles. The molecule has 4 rings (SSSR count). The Morgan fingerprint density at radius 3 is 2.86 bits per heavy atom. The van der Waals surface area contributed by atoms with Gasteiger partial charge in [-0.05, 0) is 43.3 Å². The number of nitrogens with one attached hydrogen (secondary N) is 1. The molecule has 0 unspecified atom stereocenters. The van der Waals surface area contributed by atoms with Crippen LogP contribution in [0.3, 0.4) is 0 Å². The largest absolute Gasteiger partial charge is 0.462 e. The molecule has 142 valence electrons. The van der Waals surface area contributed by atoms with Gasteiger partial charge in [0, 0.05) is 18.7 Å². The minimum atomic E-state index is -0.574. The van der Waals surface area contributed by atoms with Crippen LogP contribution in [0.25, 0.3) is 16.7 Å². The summed E-state index contributed by atoms with van der Waals surface area (Å²) in [5.74, 6) is -0.919. The van der Waals surface area contributed by atoms with Gasteiger partial charge in [-0.1, -0.05) is 0 Å². The lowest BCUT2D eigenvalue weighted by molar-refractivity contribution is 0.0526. The van der Waals surface area contributed by atoms with Crippen LogP contribution in [0.2, 0.25) is 0 Å². The number of nitrogens with zero attached hydrogens (tertiary/aromatic N) is 3. The topological polar surface area (TPSA) is 72.8 Å². The summed E-state index contributed by atoms with van der Waals surface area (Å²) < 4.78 is 34.0. The summed E-state index contributed by atoms with van der Waals surface area (Å²) in [7, 11) is 0. The SMILES string of the molecule is CCOC(=O)c1ccc2nc(Cc3ccnn3-c3cc(F)ccc3F)[nH]c2c1. The summed E-state index contributed by atoms with van der Waals surface area (Å²) in [5.41, 5.74) is 2.46. The minimum Gasteiger partial charge on any atom is -0.462 e. The lowest BCUT2D eigenvalue weighted by Gasteiger charge is -2.07. The van der Waals surface area contributed by atoms with Crippen molar-refractivity contribution in [3.8, 4) is 5.69 Å². The number of esters is 1. The first kappa shape index (κ1) is 17.8. The number of fused-ring (bicyclic) bond motifs is 1.